The summed E-state index contributed by atoms with van der Waals surface area (Å²) in [5.74, 6) is 0.973. The van der Waals surface area contributed by atoms with Crippen LogP contribution in [0.1, 0.15) is 48.0 Å². The van der Waals surface area contributed by atoms with Gasteiger partial charge in [-0.05, 0) is 49.4 Å². The number of rotatable bonds is 3. The molecule has 4 heterocycles. The van der Waals surface area contributed by atoms with Crippen LogP contribution in [0, 0.1) is 0 Å². The van der Waals surface area contributed by atoms with Gasteiger partial charge < -0.3 is 24.2 Å². The first-order valence-corrected chi connectivity index (χ1v) is 11.2. The molecule has 1 fully saturated rings. The lowest BCUT2D eigenvalue weighted by molar-refractivity contribution is -0.0276. The number of aryl methyl sites for hydroxylation is 2. The van der Waals surface area contributed by atoms with Crippen LogP contribution < -0.4 is 0 Å². The molecule has 1 atom stereocenters. The highest BCUT2D eigenvalue weighted by atomic mass is 16.5. The van der Waals surface area contributed by atoms with Gasteiger partial charge in [-0.3, -0.25) is 0 Å². The maximum Gasteiger partial charge on any atom is 0.407 e. The van der Waals surface area contributed by atoms with Crippen molar-refractivity contribution >= 4 is 11.7 Å². The van der Waals surface area contributed by atoms with E-state index in [1.165, 1.54) is 16.0 Å². The largest absolute Gasteiger partial charge is 0.465 e. The summed E-state index contributed by atoms with van der Waals surface area (Å²) in [6, 6.07) is 8.58. The normalized spacial score (nSPS) is 22.4. The van der Waals surface area contributed by atoms with Gasteiger partial charge in [0, 0.05) is 38.9 Å². The standard InChI is InChI=1S/C24H30N4O3/c1-26-11-9-19(10-12-26)31-22-20-5-3-2-4-17(20)6-15-28-16-21(25-23(22)28)18-7-13-27(14-8-18)24(29)30/h2-5,7,16,19,22H,6,8-15H2,1H3,(H,29,30). The Balaban J connectivity index is 1.46. The summed E-state index contributed by atoms with van der Waals surface area (Å²) in [6.07, 6.45) is 7.07. The van der Waals surface area contributed by atoms with Crippen LogP contribution >= 0.6 is 0 Å². The van der Waals surface area contributed by atoms with E-state index in [1.807, 2.05) is 6.08 Å². The maximum atomic E-state index is 11.2. The van der Waals surface area contributed by atoms with Crippen molar-refractivity contribution in [2.75, 3.05) is 33.2 Å². The first-order chi connectivity index (χ1) is 15.1. The van der Waals surface area contributed by atoms with Gasteiger partial charge in [-0.15, -0.1) is 0 Å². The van der Waals surface area contributed by atoms with Crippen LogP contribution in [-0.4, -0.2) is 69.9 Å². The number of carboxylic acid groups (broad SMARTS) is 1. The smallest absolute Gasteiger partial charge is 0.407 e. The zero-order valence-electron chi connectivity index (χ0n) is 18.0. The SMILES string of the molecule is CN1CCC(OC2c3ccccc3CCn3cc(C4=CCN(C(=O)O)CC4)nc32)CC1. The van der Waals surface area contributed by atoms with E-state index < -0.39 is 6.09 Å². The van der Waals surface area contributed by atoms with Gasteiger partial charge in [0.15, 0.2) is 0 Å². The minimum Gasteiger partial charge on any atom is -0.465 e. The molecular formula is C24H30N4O3. The monoisotopic (exact) mass is 422 g/mol. The van der Waals surface area contributed by atoms with Crippen molar-refractivity contribution in [1.82, 2.24) is 19.4 Å². The van der Waals surface area contributed by atoms with E-state index in [2.05, 4.69) is 47.0 Å². The summed E-state index contributed by atoms with van der Waals surface area (Å²) in [5.41, 5.74) is 4.65. The van der Waals surface area contributed by atoms with Crippen molar-refractivity contribution in [3.63, 3.8) is 0 Å². The van der Waals surface area contributed by atoms with Crippen molar-refractivity contribution in [3.8, 4) is 0 Å². The number of fused-ring (bicyclic) bond motifs is 2. The Bertz CT molecular complexity index is 990. The molecule has 1 aromatic carbocycles. The van der Waals surface area contributed by atoms with Gasteiger partial charge in [-0.25, -0.2) is 9.78 Å². The number of likely N-dealkylation sites (tertiary alicyclic amines) is 1. The van der Waals surface area contributed by atoms with Crippen molar-refractivity contribution < 1.29 is 14.6 Å². The molecule has 1 aromatic heterocycles. The number of aromatic nitrogens is 2. The van der Waals surface area contributed by atoms with E-state index in [1.54, 1.807) is 0 Å². The van der Waals surface area contributed by atoms with Crippen LogP contribution in [0.5, 0.6) is 0 Å². The lowest BCUT2D eigenvalue weighted by atomic mass is 9.99. The molecule has 164 valence electrons. The summed E-state index contributed by atoms with van der Waals surface area (Å²) in [6.45, 7) is 3.94. The third-order valence-corrected chi connectivity index (χ3v) is 6.80. The topological polar surface area (TPSA) is 70.8 Å². The maximum absolute atomic E-state index is 11.2. The fourth-order valence-corrected chi connectivity index (χ4v) is 4.89. The number of imidazole rings is 1. The number of nitrogens with zero attached hydrogens (tertiary/aromatic N) is 4. The summed E-state index contributed by atoms with van der Waals surface area (Å²) in [7, 11) is 2.17. The summed E-state index contributed by atoms with van der Waals surface area (Å²) < 4.78 is 9.00. The zero-order valence-corrected chi connectivity index (χ0v) is 18.0. The summed E-state index contributed by atoms with van der Waals surface area (Å²) in [4.78, 5) is 20.1. The molecule has 1 amide bonds. The van der Waals surface area contributed by atoms with Gasteiger partial charge in [0.05, 0.1) is 11.8 Å². The summed E-state index contributed by atoms with van der Waals surface area (Å²) in [5, 5.41) is 9.22. The van der Waals surface area contributed by atoms with Crippen LogP contribution in [0.3, 0.4) is 0 Å². The molecule has 3 aliphatic rings. The van der Waals surface area contributed by atoms with Crippen molar-refractivity contribution in [1.29, 1.82) is 0 Å². The van der Waals surface area contributed by atoms with Gasteiger partial charge in [-0.1, -0.05) is 30.3 Å². The molecule has 2 aromatic rings. The van der Waals surface area contributed by atoms with Gasteiger partial charge in [0.2, 0.25) is 0 Å². The van der Waals surface area contributed by atoms with Crippen molar-refractivity contribution in [2.24, 2.45) is 0 Å². The van der Waals surface area contributed by atoms with E-state index >= 15 is 0 Å². The number of hydrogen-bond acceptors (Lipinski definition) is 4. The lowest BCUT2D eigenvalue weighted by Gasteiger charge is -2.32. The highest BCUT2D eigenvalue weighted by molar-refractivity contribution is 5.70. The van der Waals surface area contributed by atoms with Gasteiger partial charge in [0.1, 0.15) is 11.9 Å². The molecule has 31 heavy (non-hydrogen) atoms. The Hall–Kier alpha value is -2.64. The van der Waals surface area contributed by atoms with Crippen molar-refractivity contribution in [2.45, 2.75) is 44.4 Å². The Morgan fingerprint density at radius 3 is 2.68 bits per heavy atom. The van der Waals surface area contributed by atoms with E-state index in [9.17, 15) is 9.90 Å². The van der Waals surface area contributed by atoms with Gasteiger partial charge in [-0.2, -0.15) is 0 Å². The fraction of sp³-hybridized carbons (Fsp3) is 0.500. The molecular weight excluding hydrogens is 392 g/mol. The van der Waals surface area contributed by atoms with Crippen LogP contribution in [0.2, 0.25) is 0 Å². The molecule has 1 unspecified atom stereocenters. The Morgan fingerprint density at radius 1 is 1.13 bits per heavy atom. The van der Waals surface area contributed by atoms with E-state index in [-0.39, 0.29) is 12.2 Å². The first-order valence-electron chi connectivity index (χ1n) is 11.2. The molecule has 1 saturated heterocycles. The second-order valence-electron chi connectivity index (χ2n) is 8.85. The molecule has 0 aliphatic carbocycles. The first kappa shape index (κ1) is 20.3. The molecule has 3 aliphatic heterocycles. The molecule has 0 radical (unpaired) electrons. The van der Waals surface area contributed by atoms with Crippen LogP contribution in [0.15, 0.2) is 36.5 Å². The number of benzene rings is 1. The predicted octanol–water partition coefficient (Wildman–Crippen LogP) is 3.41. The molecule has 1 N–H and O–H groups in total. The van der Waals surface area contributed by atoms with Crippen LogP contribution in [0.4, 0.5) is 4.79 Å². The van der Waals surface area contributed by atoms with Crippen molar-refractivity contribution in [3.05, 3.63) is 59.2 Å². The molecule has 0 saturated carbocycles. The molecule has 5 rings (SSSR count). The Morgan fingerprint density at radius 2 is 1.94 bits per heavy atom. The number of ether oxygens (including phenoxy) is 1. The number of amides is 1. The second kappa shape index (κ2) is 8.48. The highest BCUT2D eigenvalue weighted by Gasteiger charge is 2.31. The number of hydrogen-bond donors (Lipinski definition) is 1. The number of piperidine rings is 1. The average Bonchev–Trinajstić information content (AvgIpc) is 3.16. The quantitative estimate of drug-likeness (QED) is 0.821. The molecule has 0 spiro atoms. The third-order valence-electron chi connectivity index (χ3n) is 6.80. The Labute approximate surface area is 182 Å². The Kier molecular flexibility index (Phi) is 5.54. The van der Waals surface area contributed by atoms with E-state index in [0.717, 1.165) is 56.0 Å². The number of carbonyl (C=O) groups is 1. The molecule has 7 heteroatoms. The van der Waals surface area contributed by atoms with Gasteiger partial charge >= 0.3 is 6.09 Å². The zero-order chi connectivity index (χ0) is 21.4. The molecule has 0 bridgehead atoms. The average molecular weight is 423 g/mol. The van der Waals surface area contributed by atoms with E-state index in [0.29, 0.717) is 19.5 Å². The minimum atomic E-state index is -0.862. The highest BCUT2D eigenvalue weighted by Crippen LogP contribution is 2.35. The molecule has 7 nitrogen and oxygen atoms in total. The second-order valence-corrected chi connectivity index (χ2v) is 8.85. The predicted molar refractivity (Wildman–Crippen MR) is 118 cm³/mol. The summed E-state index contributed by atoms with van der Waals surface area (Å²) >= 11 is 0. The van der Waals surface area contributed by atoms with E-state index in [4.69, 9.17) is 9.72 Å². The van der Waals surface area contributed by atoms with Crippen LogP contribution in [0.25, 0.3) is 5.57 Å². The van der Waals surface area contributed by atoms with Gasteiger partial charge in [0.25, 0.3) is 0 Å². The lowest BCUT2D eigenvalue weighted by Crippen LogP contribution is -2.35. The fourth-order valence-electron chi connectivity index (χ4n) is 4.89. The third kappa shape index (κ3) is 4.12. The minimum absolute atomic E-state index is 0.166. The van der Waals surface area contributed by atoms with Crippen LogP contribution in [-0.2, 0) is 17.7 Å².